The highest BCUT2D eigenvalue weighted by Crippen LogP contribution is 2.32. The van der Waals surface area contributed by atoms with E-state index in [-0.39, 0.29) is 12.2 Å². The van der Waals surface area contributed by atoms with Gasteiger partial charge in [0.25, 0.3) is 11.8 Å². The molecule has 0 radical (unpaired) electrons. The molecular weight excluding hydrogens is 406 g/mol. The summed E-state index contributed by atoms with van der Waals surface area (Å²) in [6.07, 6.45) is -1.24. The van der Waals surface area contributed by atoms with Crippen LogP contribution in [0, 0.1) is 18.6 Å². The molecule has 0 bridgehead atoms. The van der Waals surface area contributed by atoms with E-state index in [0.717, 1.165) is 22.3 Å². The lowest BCUT2D eigenvalue weighted by molar-refractivity contribution is -0.145. The second-order valence-electron chi connectivity index (χ2n) is 6.96. The van der Waals surface area contributed by atoms with Gasteiger partial charge in [-0.05, 0) is 53.8 Å². The fourth-order valence-corrected chi connectivity index (χ4v) is 2.99. The van der Waals surface area contributed by atoms with E-state index in [9.17, 15) is 13.6 Å². The number of ether oxygens (including phenoxy) is 2. The van der Waals surface area contributed by atoms with Gasteiger partial charge in [0.05, 0.1) is 0 Å². The maximum atomic E-state index is 14.3. The Balaban J connectivity index is 1.94. The van der Waals surface area contributed by atoms with E-state index in [1.165, 1.54) is 0 Å². The number of nitrogens with zero attached hydrogens (tertiary/aromatic N) is 1. The molecule has 0 fully saturated rings. The monoisotopic (exact) mass is 428 g/mol. The van der Waals surface area contributed by atoms with Crippen molar-refractivity contribution in [1.29, 1.82) is 0 Å². The van der Waals surface area contributed by atoms with Gasteiger partial charge in [0, 0.05) is 12.6 Å². The number of hydrogen-bond donors (Lipinski definition) is 2. The third kappa shape index (κ3) is 5.35. The summed E-state index contributed by atoms with van der Waals surface area (Å²) < 4.78 is 39.0. The zero-order valence-electron chi connectivity index (χ0n) is 17.1. The van der Waals surface area contributed by atoms with Gasteiger partial charge in [-0.15, -0.1) is 0 Å². The number of nitrogens with two attached hydrogens (primary N) is 1. The summed E-state index contributed by atoms with van der Waals surface area (Å²) in [5.41, 5.74) is 9.24. The molecule has 0 aliphatic heterocycles. The number of benzene rings is 2. The Bertz CT molecular complexity index is 1100. The van der Waals surface area contributed by atoms with Gasteiger partial charge >= 0.3 is 5.97 Å². The fourth-order valence-electron chi connectivity index (χ4n) is 2.99. The average molecular weight is 428 g/mol. The van der Waals surface area contributed by atoms with Crippen LogP contribution in [0.2, 0.25) is 0 Å². The molecule has 0 spiro atoms. The van der Waals surface area contributed by atoms with Crippen LogP contribution in [0.1, 0.15) is 24.5 Å². The van der Waals surface area contributed by atoms with Crippen molar-refractivity contribution in [2.45, 2.75) is 32.9 Å². The largest absolute Gasteiger partial charge is 0.479 e. The number of aromatic nitrogens is 1. The van der Waals surface area contributed by atoms with Crippen molar-refractivity contribution in [3.8, 4) is 28.6 Å². The van der Waals surface area contributed by atoms with Gasteiger partial charge in [0.15, 0.2) is 17.7 Å². The molecule has 0 aliphatic carbocycles. The SMILES string of the molecule is CCC(Oc1nc(Oc2cc(C)cc(-c3cccc(CN)c3)c2)c(F)cc1F)C(=O)O. The molecule has 1 atom stereocenters. The molecule has 1 heterocycles. The topological polar surface area (TPSA) is 94.7 Å². The Morgan fingerprint density at radius 1 is 1.10 bits per heavy atom. The summed E-state index contributed by atoms with van der Waals surface area (Å²) in [6.45, 7) is 3.81. The highest BCUT2D eigenvalue weighted by Gasteiger charge is 2.22. The van der Waals surface area contributed by atoms with Gasteiger partial charge in [-0.1, -0.05) is 31.2 Å². The third-order valence-electron chi connectivity index (χ3n) is 4.53. The van der Waals surface area contributed by atoms with Gasteiger partial charge in [0.2, 0.25) is 0 Å². The van der Waals surface area contributed by atoms with Gasteiger partial charge in [-0.2, -0.15) is 4.98 Å². The van der Waals surface area contributed by atoms with Crippen molar-refractivity contribution in [2.75, 3.05) is 0 Å². The Labute approximate surface area is 178 Å². The predicted octanol–water partition coefficient (Wildman–Crippen LogP) is 4.83. The summed E-state index contributed by atoms with van der Waals surface area (Å²) in [6, 6.07) is 13.5. The van der Waals surface area contributed by atoms with E-state index in [0.29, 0.717) is 12.6 Å². The zero-order chi connectivity index (χ0) is 22.5. The number of aryl methyl sites for hydroxylation is 1. The first kappa shape index (κ1) is 22.2. The van der Waals surface area contributed by atoms with Crippen LogP contribution in [-0.4, -0.2) is 22.2 Å². The lowest BCUT2D eigenvalue weighted by Gasteiger charge is -2.15. The number of carbonyl (C=O) groups is 1. The maximum absolute atomic E-state index is 14.3. The summed E-state index contributed by atoms with van der Waals surface area (Å²) in [5, 5.41) is 9.10. The highest BCUT2D eigenvalue weighted by molar-refractivity contribution is 5.72. The van der Waals surface area contributed by atoms with E-state index >= 15 is 0 Å². The number of aliphatic carboxylic acids is 1. The minimum Gasteiger partial charge on any atom is -0.479 e. The number of carboxylic acid groups (broad SMARTS) is 1. The standard InChI is InChI=1S/C23H22F2N2O4/c1-3-20(23(28)29)31-22-19(25)11-18(24)21(27-22)30-17-8-13(2)7-16(10-17)15-6-4-5-14(9-15)12-26/h4-11,20H,3,12,26H2,1-2H3,(H,28,29). The number of carboxylic acids is 1. The molecule has 3 rings (SSSR count). The van der Waals surface area contributed by atoms with Crippen molar-refractivity contribution in [3.63, 3.8) is 0 Å². The van der Waals surface area contributed by atoms with Crippen LogP contribution in [0.5, 0.6) is 17.5 Å². The molecule has 6 nitrogen and oxygen atoms in total. The van der Waals surface area contributed by atoms with Crippen LogP contribution >= 0.6 is 0 Å². The molecule has 1 aromatic heterocycles. The molecule has 0 amide bonds. The molecule has 0 aliphatic rings. The van der Waals surface area contributed by atoms with Crippen molar-refractivity contribution < 1.29 is 28.2 Å². The Morgan fingerprint density at radius 2 is 1.84 bits per heavy atom. The summed E-state index contributed by atoms with van der Waals surface area (Å²) >= 11 is 0. The van der Waals surface area contributed by atoms with Crippen molar-refractivity contribution in [2.24, 2.45) is 5.73 Å². The molecule has 3 aromatic rings. The Morgan fingerprint density at radius 3 is 2.52 bits per heavy atom. The van der Waals surface area contributed by atoms with Gasteiger partial charge in [-0.3, -0.25) is 0 Å². The lowest BCUT2D eigenvalue weighted by atomic mass is 10.0. The molecule has 0 saturated carbocycles. The van der Waals surface area contributed by atoms with E-state index in [1.54, 1.807) is 19.1 Å². The molecule has 162 valence electrons. The first-order chi connectivity index (χ1) is 14.8. The van der Waals surface area contributed by atoms with E-state index < -0.39 is 35.5 Å². The normalized spacial score (nSPS) is 11.8. The predicted molar refractivity (Wildman–Crippen MR) is 111 cm³/mol. The summed E-state index contributed by atoms with van der Waals surface area (Å²) in [5.74, 6) is -4.33. The van der Waals surface area contributed by atoms with Crippen LogP contribution < -0.4 is 15.2 Å². The number of hydrogen-bond acceptors (Lipinski definition) is 5. The van der Waals surface area contributed by atoms with Crippen molar-refractivity contribution in [1.82, 2.24) is 4.98 Å². The second-order valence-corrected chi connectivity index (χ2v) is 6.96. The van der Waals surface area contributed by atoms with Crippen LogP contribution in [0.25, 0.3) is 11.1 Å². The number of pyridine rings is 1. The molecule has 1 unspecified atom stereocenters. The van der Waals surface area contributed by atoms with Gasteiger partial charge < -0.3 is 20.3 Å². The summed E-state index contributed by atoms with van der Waals surface area (Å²) in [7, 11) is 0. The molecule has 31 heavy (non-hydrogen) atoms. The Hall–Kier alpha value is -3.52. The van der Waals surface area contributed by atoms with Crippen LogP contribution in [0.15, 0.2) is 48.5 Å². The molecule has 3 N–H and O–H groups in total. The van der Waals surface area contributed by atoms with E-state index in [1.807, 2.05) is 37.3 Å². The highest BCUT2D eigenvalue weighted by atomic mass is 19.1. The van der Waals surface area contributed by atoms with E-state index in [2.05, 4.69) is 4.98 Å². The van der Waals surface area contributed by atoms with Crippen molar-refractivity contribution in [3.05, 3.63) is 71.3 Å². The second kappa shape index (κ2) is 9.53. The summed E-state index contributed by atoms with van der Waals surface area (Å²) in [4.78, 5) is 14.9. The van der Waals surface area contributed by atoms with Gasteiger partial charge in [-0.25, -0.2) is 13.6 Å². The van der Waals surface area contributed by atoms with E-state index in [4.69, 9.17) is 20.3 Å². The Kier molecular flexibility index (Phi) is 6.81. The smallest absolute Gasteiger partial charge is 0.344 e. The first-order valence-electron chi connectivity index (χ1n) is 9.65. The molecule has 2 aromatic carbocycles. The van der Waals surface area contributed by atoms with Crippen LogP contribution in [0.3, 0.4) is 0 Å². The van der Waals surface area contributed by atoms with Gasteiger partial charge in [0.1, 0.15) is 5.75 Å². The third-order valence-corrected chi connectivity index (χ3v) is 4.53. The average Bonchev–Trinajstić information content (AvgIpc) is 2.74. The number of rotatable bonds is 8. The molecule has 0 saturated heterocycles. The van der Waals surface area contributed by atoms with Crippen molar-refractivity contribution >= 4 is 5.97 Å². The number of halogens is 2. The minimum absolute atomic E-state index is 0.0765. The quantitative estimate of drug-likeness (QED) is 0.534. The lowest BCUT2D eigenvalue weighted by Crippen LogP contribution is -2.26. The fraction of sp³-hybridized carbons (Fsp3) is 0.217. The minimum atomic E-state index is -1.32. The van der Waals surface area contributed by atoms with Crippen LogP contribution in [-0.2, 0) is 11.3 Å². The first-order valence-corrected chi connectivity index (χ1v) is 9.65. The van der Waals surface area contributed by atoms with Crippen LogP contribution in [0.4, 0.5) is 8.78 Å². The zero-order valence-corrected chi connectivity index (χ0v) is 17.1. The molecule has 8 heteroatoms. The molecular formula is C23H22F2N2O4. The maximum Gasteiger partial charge on any atom is 0.344 e.